The van der Waals surface area contributed by atoms with E-state index < -0.39 is 5.97 Å². The van der Waals surface area contributed by atoms with Crippen LogP contribution in [0.3, 0.4) is 0 Å². The van der Waals surface area contributed by atoms with Crippen molar-refractivity contribution in [2.45, 2.75) is 13.3 Å². The van der Waals surface area contributed by atoms with Crippen molar-refractivity contribution in [2.75, 3.05) is 0 Å². The monoisotopic (exact) mass is 454 g/mol. The molecule has 0 saturated carbocycles. The maximum Gasteiger partial charge on any atom is 0.343 e. The van der Waals surface area contributed by atoms with Crippen LogP contribution in [0.2, 0.25) is 10.0 Å². The lowest BCUT2D eigenvalue weighted by atomic mass is 10.1. The van der Waals surface area contributed by atoms with Crippen LogP contribution in [0.25, 0.3) is 11.0 Å². The van der Waals surface area contributed by atoms with Gasteiger partial charge in [-0.2, -0.15) is 0 Å². The zero-order valence-electron chi connectivity index (χ0n) is 16.4. The van der Waals surface area contributed by atoms with Crippen molar-refractivity contribution in [3.63, 3.8) is 0 Å². The molecule has 4 aromatic rings. The lowest BCUT2D eigenvalue weighted by molar-refractivity contribution is 0.0735. The Labute approximate surface area is 187 Å². The van der Waals surface area contributed by atoms with E-state index in [4.69, 9.17) is 37.1 Å². The minimum Gasteiger partial charge on any atom is -0.460 e. The van der Waals surface area contributed by atoms with Crippen LogP contribution < -0.4 is 14.9 Å². The summed E-state index contributed by atoms with van der Waals surface area (Å²) < 4.78 is 16.7. The van der Waals surface area contributed by atoms with E-state index in [0.29, 0.717) is 16.2 Å². The van der Waals surface area contributed by atoms with E-state index in [1.54, 1.807) is 6.07 Å². The molecular formula is C24H16Cl2O5. The third kappa shape index (κ3) is 4.43. The fraction of sp³-hybridized carbons (Fsp3) is 0.0833. The van der Waals surface area contributed by atoms with Crippen LogP contribution in [0, 0.1) is 0 Å². The first-order chi connectivity index (χ1) is 15.0. The van der Waals surface area contributed by atoms with Crippen LogP contribution in [-0.2, 0) is 6.42 Å². The highest BCUT2D eigenvalue weighted by Crippen LogP contribution is 2.27. The molecule has 0 aliphatic carbocycles. The molecule has 1 heterocycles. The molecule has 4 rings (SSSR count). The van der Waals surface area contributed by atoms with E-state index in [1.165, 1.54) is 42.7 Å². The summed E-state index contributed by atoms with van der Waals surface area (Å²) in [4.78, 5) is 25.2. The summed E-state index contributed by atoms with van der Waals surface area (Å²) in [6, 6.07) is 16.4. The highest BCUT2D eigenvalue weighted by molar-refractivity contribution is 6.42. The van der Waals surface area contributed by atoms with Crippen LogP contribution >= 0.6 is 23.2 Å². The Balaban J connectivity index is 1.60. The Bertz CT molecular complexity index is 1340. The van der Waals surface area contributed by atoms with Gasteiger partial charge >= 0.3 is 5.97 Å². The van der Waals surface area contributed by atoms with Gasteiger partial charge in [0, 0.05) is 6.07 Å². The summed E-state index contributed by atoms with van der Waals surface area (Å²) in [5.41, 5.74) is 1.16. The fourth-order valence-corrected chi connectivity index (χ4v) is 3.33. The fourth-order valence-electron chi connectivity index (χ4n) is 3.03. The minimum absolute atomic E-state index is 0.0777. The Morgan fingerprint density at radius 3 is 2.55 bits per heavy atom. The van der Waals surface area contributed by atoms with Gasteiger partial charge < -0.3 is 13.9 Å². The third-order valence-corrected chi connectivity index (χ3v) is 5.39. The van der Waals surface area contributed by atoms with Gasteiger partial charge in [0.25, 0.3) is 0 Å². The molecule has 0 aliphatic heterocycles. The molecule has 3 aromatic carbocycles. The van der Waals surface area contributed by atoms with E-state index in [1.807, 2.05) is 25.1 Å². The molecule has 0 aliphatic rings. The normalized spacial score (nSPS) is 10.8. The quantitative estimate of drug-likeness (QED) is 0.248. The van der Waals surface area contributed by atoms with Gasteiger partial charge in [-0.25, -0.2) is 4.79 Å². The molecule has 156 valence electrons. The maximum atomic E-state index is 12.8. The number of aryl methyl sites for hydroxylation is 1. The molecule has 0 atom stereocenters. The molecule has 0 radical (unpaired) electrons. The van der Waals surface area contributed by atoms with Crippen molar-refractivity contribution in [1.29, 1.82) is 0 Å². The summed E-state index contributed by atoms with van der Waals surface area (Å²) in [7, 11) is 0. The lowest BCUT2D eigenvalue weighted by Crippen LogP contribution is -2.09. The summed E-state index contributed by atoms with van der Waals surface area (Å²) >= 11 is 11.8. The summed E-state index contributed by atoms with van der Waals surface area (Å²) in [6.45, 7) is 2.01. The van der Waals surface area contributed by atoms with Crippen LogP contribution in [0.4, 0.5) is 0 Å². The van der Waals surface area contributed by atoms with Gasteiger partial charge in [-0.15, -0.1) is 0 Å². The van der Waals surface area contributed by atoms with Crippen molar-refractivity contribution in [3.8, 4) is 17.2 Å². The highest BCUT2D eigenvalue weighted by atomic mass is 35.5. The van der Waals surface area contributed by atoms with E-state index in [-0.39, 0.29) is 33.1 Å². The van der Waals surface area contributed by atoms with Gasteiger partial charge in [0.15, 0.2) is 0 Å². The number of hydrogen-bond acceptors (Lipinski definition) is 5. The Morgan fingerprint density at radius 2 is 1.77 bits per heavy atom. The van der Waals surface area contributed by atoms with E-state index in [0.717, 1.165) is 12.0 Å². The van der Waals surface area contributed by atoms with Crippen molar-refractivity contribution in [2.24, 2.45) is 0 Å². The second kappa shape index (κ2) is 8.84. The minimum atomic E-state index is -0.614. The van der Waals surface area contributed by atoms with Crippen molar-refractivity contribution in [1.82, 2.24) is 0 Å². The van der Waals surface area contributed by atoms with Gasteiger partial charge in [-0.1, -0.05) is 48.3 Å². The van der Waals surface area contributed by atoms with Crippen LogP contribution in [0.1, 0.15) is 22.8 Å². The number of ether oxygens (including phenoxy) is 2. The number of carbonyl (C=O) groups excluding carboxylic acids is 1. The molecular weight excluding hydrogens is 439 g/mol. The molecule has 0 spiro atoms. The average Bonchev–Trinajstić information content (AvgIpc) is 2.78. The number of halogens is 2. The van der Waals surface area contributed by atoms with E-state index in [9.17, 15) is 9.59 Å². The molecule has 0 amide bonds. The standard InChI is InChI=1S/C24H16Cl2O5/c1-2-14-5-3-4-6-20(14)31-22-13-29-21-12-16(8-9-17(21)23(22)27)30-24(28)15-7-10-18(25)19(26)11-15/h3-13H,2H2,1H3. The molecule has 7 heteroatoms. The van der Waals surface area contributed by atoms with Gasteiger partial charge in [0.05, 0.1) is 21.0 Å². The van der Waals surface area contributed by atoms with E-state index >= 15 is 0 Å². The molecule has 0 saturated heterocycles. The number of para-hydroxylation sites is 1. The lowest BCUT2D eigenvalue weighted by Gasteiger charge is -2.10. The summed E-state index contributed by atoms with van der Waals surface area (Å²) in [5, 5.41) is 0.892. The predicted molar refractivity (Wildman–Crippen MR) is 120 cm³/mol. The number of esters is 1. The number of fused-ring (bicyclic) bond motifs is 1. The number of carbonyl (C=O) groups is 1. The molecule has 31 heavy (non-hydrogen) atoms. The molecule has 0 N–H and O–H groups in total. The number of benzene rings is 3. The highest BCUT2D eigenvalue weighted by Gasteiger charge is 2.14. The second-order valence-corrected chi connectivity index (χ2v) is 7.48. The zero-order chi connectivity index (χ0) is 22.0. The van der Waals surface area contributed by atoms with Crippen molar-refractivity contribution < 1.29 is 18.7 Å². The van der Waals surface area contributed by atoms with Crippen LogP contribution in [0.15, 0.2) is 76.1 Å². The van der Waals surface area contributed by atoms with Crippen LogP contribution in [-0.4, -0.2) is 5.97 Å². The molecule has 0 fully saturated rings. The Hall–Kier alpha value is -3.28. The number of rotatable bonds is 5. The molecule has 0 unspecified atom stereocenters. The second-order valence-electron chi connectivity index (χ2n) is 6.67. The van der Waals surface area contributed by atoms with Gasteiger partial charge in [0.1, 0.15) is 23.3 Å². The SMILES string of the molecule is CCc1ccccc1Oc1coc2cc(OC(=O)c3ccc(Cl)c(Cl)c3)ccc2c1=O. The number of hydrogen-bond donors (Lipinski definition) is 0. The molecule has 5 nitrogen and oxygen atoms in total. The predicted octanol–water partition coefficient (Wildman–Crippen LogP) is 6.67. The Morgan fingerprint density at radius 1 is 0.968 bits per heavy atom. The molecule has 1 aromatic heterocycles. The summed E-state index contributed by atoms with van der Waals surface area (Å²) in [6.07, 6.45) is 2.02. The van der Waals surface area contributed by atoms with Gasteiger partial charge in [0.2, 0.25) is 11.2 Å². The van der Waals surface area contributed by atoms with Gasteiger partial charge in [-0.05, 0) is 48.4 Å². The van der Waals surface area contributed by atoms with Crippen molar-refractivity contribution in [3.05, 3.63) is 98.3 Å². The first kappa shape index (κ1) is 21.0. The van der Waals surface area contributed by atoms with E-state index in [2.05, 4.69) is 0 Å². The smallest absolute Gasteiger partial charge is 0.343 e. The van der Waals surface area contributed by atoms with Crippen LogP contribution in [0.5, 0.6) is 17.2 Å². The third-order valence-electron chi connectivity index (χ3n) is 4.65. The average molecular weight is 455 g/mol. The molecule has 0 bridgehead atoms. The van der Waals surface area contributed by atoms with Crippen molar-refractivity contribution >= 4 is 40.1 Å². The topological polar surface area (TPSA) is 65.7 Å². The largest absolute Gasteiger partial charge is 0.460 e. The van der Waals surface area contributed by atoms with Gasteiger partial charge in [-0.3, -0.25) is 4.79 Å². The zero-order valence-corrected chi connectivity index (χ0v) is 17.9. The first-order valence-electron chi connectivity index (χ1n) is 9.45. The maximum absolute atomic E-state index is 12.8. The Kier molecular flexibility index (Phi) is 5.98. The first-order valence-corrected chi connectivity index (χ1v) is 10.2. The summed E-state index contributed by atoms with van der Waals surface area (Å²) in [5.74, 6) is 0.283.